The molecule has 1 aromatic carbocycles. The van der Waals surface area contributed by atoms with Crippen molar-refractivity contribution in [3.63, 3.8) is 0 Å². The second-order valence-corrected chi connectivity index (χ2v) is 2.17. The molecule has 0 amide bonds. The van der Waals surface area contributed by atoms with Crippen molar-refractivity contribution in [2.45, 2.75) is 0 Å². The van der Waals surface area contributed by atoms with Crippen molar-refractivity contribution in [3.8, 4) is 0 Å². The number of nitro groups is 1. The zero-order valence-electron chi connectivity index (χ0n) is 5.66. The van der Waals surface area contributed by atoms with E-state index in [1.165, 1.54) is 24.3 Å². The zero-order chi connectivity index (χ0) is 7.56. The van der Waals surface area contributed by atoms with Crippen LogP contribution < -0.4 is 0 Å². The standard InChI is InChI=1S/C6H4ClNO2.Pb.2H/c7-5-1-3-6(4-2-5)8(9)10;;;/h1-4H;;;. The maximum absolute atomic E-state index is 10.1. The van der Waals surface area contributed by atoms with Crippen LogP contribution in [0.1, 0.15) is 0 Å². The molecule has 0 aromatic heterocycles. The Balaban J connectivity index is 0.000001000. The van der Waals surface area contributed by atoms with Crippen LogP contribution in [0.4, 0.5) is 5.69 Å². The number of nitro benzene ring substituents is 1. The Morgan fingerprint density at radius 1 is 1.27 bits per heavy atom. The molecule has 5 heteroatoms. The van der Waals surface area contributed by atoms with Crippen LogP contribution in [0.25, 0.3) is 0 Å². The number of hydrogen-bond donors (Lipinski definition) is 0. The average Bonchev–Trinajstić information content (AvgIpc) is 1.88. The topological polar surface area (TPSA) is 43.1 Å². The molecule has 0 saturated heterocycles. The molecule has 0 atom stereocenters. The van der Waals surface area contributed by atoms with Gasteiger partial charge < -0.3 is 0 Å². The van der Waals surface area contributed by atoms with Crippen LogP contribution in [0, 0.1) is 10.1 Å². The quantitative estimate of drug-likeness (QED) is 0.427. The first kappa shape index (κ1) is 10.8. The van der Waals surface area contributed by atoms with Crippen LogP contribution >= 0.6 is 11.6 Å². The maximum atomic E-state index is 10.1. The van der Waals surface area contributed by atoms with E-state index >= 15 is 0 Å². The van der Waals surface area contributed by atoms with Crippen LogP contribution in [0.15, 0.2) is 24.3 Å². The minimum absolute atomic E-state index is 0. The summed E-state index contributed by atoms with van der Waals surface area (Å²) >= 11 is 5.49. The van der Waals surface area contributed by atoms with Crippen molar-refractivity contribution >= 4 is 44.6 Å². The van der Waals surface area contributed by atoms with Gasteiger partial charge in [0.25, 0.3) is 5.69 Å². The van der Waals surface area contributed by atoms with E-state index in [1.54, 1.807) is 0 Å². The van der Waals surface area contributed by atoms with E-state index in [0.717, 1.165) is 0 Å². The summed E-state index contributed by atoms with van der Waals surface area (Å²) in [5.74, 6) is 0. The number of rotatable bonds is 1. The normalized spacial score (nSPS) is 8.45. The first-order chi connectivity index (χ1) is 4.70. The minimum atomic E-state index is -0.462. The molecular weight excluding hydrogens is 361 g/mol. The molecule has 0 saturated carbocycles. The number of benzene rings is 1. The number of halogens is 1. The predicted molar refractivity (Wildman–Crippen MR) is 46.7 cm³/mol. The van der Waals surface area contributed by atoms with Crippen molar-refractivity contribution < 1.29 is 4.92 Å². The summed E-state index contributed by atoms with van der Waals surface area (Å²) in [6.45, 7) is 0. The fraction of sp³-hybridized carbons (Fsp3) is 0. The van der Waals surface area contributed by atoms with Gasteiger partial charge in [0.2, 0.25) is 0 Å². The molecule has 1 rings (SSSR count). The summed E-state index contributed by atoms with van der Waals surface area (Å²) < 4.78 is 0. The molecule has 0 N–H and O–H groups in total. The Kier molecular flexibility index (Phi) is 4.59. The van der Waals surface area contributed by atoms with Gasteiger partial charge in [0.1, 0.15) is 0 Å². The van der Waals surface area contributed by atoms with Gasteiger partial charge in [-0.25, -0.2) is 0 Å². The van der Waals surface area contributed by atoms with Crippen molar-refractivity contribution in [1.29, 1.82) is 0 Å². The van der Waals surface area contributed by atoms with Gasteiger partial charge in [0.05, 0.1) is 4.92 Å². The molecular formula is C6H6ClNO2Pb. The second-order valence-electron chi connectivity index (χ2n) is 1.73. The summed E-state index contributed by atoms with van der Waals surface area (Å²) in [6.07, 6.45) is 0. The third kappa shape index (κ3) is 3.15. The van der Waals surface area contributed by atoms with Crippen molar-refractivity contribution in [2.24, 2.45) is 0 Å². The van der Waals surface area contributed by atoms with Crippen molar-refractivity contribution in [1.82, 2.24) is 0 Å². The van der Waals surface area contributed by atoms with Crippen molar-refractivity contribution in [2.75, 3.05) is 0 Å². The number of nitrogens with zero attached hydrogens (tertiary/aromatic N) is 1. The van der Waals surface area contributed by atoms with E-state index in [1.807, 2.05) is 0 Å². The molecule has 2 radical (unpaired) electrons. The molecule has 0 bridgehead atoms. The molecule has 11 heavy (non-hydrogen) atoms. The summed E-state index contributed by atoms with van der Waals surface area (Å²) in [5, 5.41) is 10.6. The molecule has 0 unspecified atom stereocenters. The fourth-order valence-electron chi connectivity index (χ4n) is 0.563. The Morgan fingerprint density at radius 3 is 2.09 bits per heavy atom. The van der Waals surface area contributed by atoms with Gasteiger partial charge in [-0.15, -0.1) is 0 Å². The van der Waals surface area contributed by atoms with E-state index in [-0.39, 0.29) is 33.0 Å². The van der Waals surface area contributed by atoms with E-state index in [0.29, 0.717) is 5.02 Å². The Morgan fingerprint density at radius 2 is 1.73 bits per heavy atom. The van der Waals surface area contributed by atoms with Gasteiger partial charge in [0, 0.05) is 17.2 Å². The fourth-order valence-corrected chi connectivity index (χ4v) is 0.689. The van der Waals surface area contributed by atoms with Crippen LogP contribution in [0.2, 0.25) is 5.02 Å². The summed E-state index contributed by atoms with van der Waals surface area (Å²) in [7, 11) is 0. The third-order valence-electron chi connectivity index (χ3n) is 1.04. The van der Waals surface area contributed by atoms with Gasteiger partial charge in [0.15, 0.2) is 0 Å². The molecule has 0 spiro atoms. The van der Waals surface area contributed by atoms with E-state index in [2.05, 4.69) is 0 Å². The molecule has 0 heterocycles. The summed E-state index contributed by atoms with van der Waals surface area (Å²) in [4.78, 5) is 9.61. The van der Waals surface area contributed by atoms with Crippen LogP contribution in [-0.4, -0.2) is 32.2 Å². The molecule has 3 nitrogen and oxygen atoms in total. The first-order valence-electron chi connectivity index (χ1n) is 2.60. The van der Waals surface area contributed by atoms with Gasteiger partial charge in [-0.05, 0) is 12.1 Å². The Bertz CT molecular complexity index is 249. The van der Waals surface area contributed by atoms with E-state index in [9.17, 15) is 10.1 Å². The Hall–Kier alpha value is -0.168. The number of hydrogen-bond acceptors (Lipinski definition) is 2. The van der Waals surface area contributed by atoms with Crippen LogP contribution in [0.5, 0.6) is 0 Å². The molecule has 0 aliphatic heterocycles. The van der Waals surface area contributed by atoms with E-state index < -0.39 is 4.92 Å². The van der Waals surface area contributed by atoms with Crippen LogP contribution in [0.3, 0.4) is 0 Å². The summed E-state index contributed by atoms with van der Waals surface area (Å²) in [6, 6.07) is 5.70. The average molecular weight is 367 g/mol. The third-order valence-corrected chi connectivity index (χ3v) is 1.29. The van der Waals surface area contributed by atoms with Crippen LogP contribution in [-0.2, 0) is 0 Å². The monoisotopic (exact) mass is 367 g/mol. The second kappa shape index (κ2) is 4.66. The number of non-ortho nitro benzene ring substituents is 1. The first-order valence-corrected chi connectivity index (χ1v) is 2.98. The van der Waals surface area contributed by atoms with Crippen molar-refractivity contribution in [3.05, 3.63) is 39.4 Å². The van der Waals surface area contributed by atoms with Gasteiger partial charge in [-0.3, -0.25) is 10.1 Å². The van der Waals surface area contributed by atoms with Gasteiger partial charge in [-0.1, -0.05) is 11.6 Å². The van der Waals surface area contributed by atoms with Gasteiger partial charge in [-0.2, -0.15) is 0 Å². The molecule has 0 aliphatic carbocycles. The zero-order valence-corrected chi connectivity index (χ0v) is 11.9. The molecule has 0 aliphatic rings. The molecule has 0 fully saturated rings. The summed E-state index contributed by atoms with van der Waals surface area (Å²) in [5.41, 5.74) is 0.0596. The van der Waals surface area contributed by atoms with E-state index in [4.69, 9.17) is 11.6 Å². The SMILES string of the molecule is O=[N+]([O-])c1ccc(Cl)cc1.[PbH2]. The Labute approximate surface area is 88.7 Å². The molecule has 1 aromatic rings. The molecule has 58 valence electrons. The van der Waals surface area contributed by atoms with Gasteiger partial charge >= 0.3 is 27.3 Å². The predicted octanol–water partition coefficient (Wildman–Crippen LogP) is 1.33.